The van der Waals surface area contributed by atoms with E-state index < -0.39 is 29.1 Å². The molecule has 1 amide bonds. The molecule has 0 aromatic heterocycles. The van der Waals surface area contributed by atoms with Crippen LogP contribution in [0.15, 0.2) is 12.1 Å². The van der Waals surface area contributed by atoms with Gasteiger partial charge in [-0.05, 0) is 25.0 Å². The second-order valence-electron chi connectivity index (χ2n) is 4.61. The topological polar surface area (TPSA) is 69.6 Å². The molecule has 20 heavy (non-hydrogen) atoms. The van der Waals surface area contributed by atoms with Gasteiger partial charge in [0.25, 0.3) is 5.91 Å². The maximum atomic E-state index is 13.2. The van der Waals surface area contributed by atoms with Crippen molar-refractivity contribution in [3.8, 4) is 0 Å². The highest BCUT2D eigenvalue weighted by molar-refractivity contribution is 6.04. The Morgan fingerprint density at radius 1 is 1.05 bits per heavy atom. The lowest BCUT2D eigenvalue weighted by Gasteiger charge is -2.27. The van der Waals surface area contributed by atoms with Crippen molar-refractivity contribution >= 4 is 11.9 Å². The number of carbonyl (C=O) groups excluding carboxylic acids is 1. The summed E-state index contributed by atoms with van der Waals surface area (Å²) >= 11 is 0. The Bertz CT molecular complexity index is 543. The third-order valence-corrected chi connectivity index (χ3v) is 3.15. The van der Waals surface area contributed by atoms with E-state index in [9.17, 15) is 18.4 Å². The van der Waals surface area contributed by atoms with Crippen molar-refractivity contribution in [1.82, 2.24) is 10.4 Å². The normalized spacial score (nSPS) is 15.9. The summed E-state index contributed by atoms with van der Waals surface area (Å²) in [4.78, 5) is 23.0. The van der Waals surface area contributed by atoms with Crippen LogP contribution in [0.25, 0.3) is 0 Å². The lowest BCUT2D eigenvalue weighted by atomic mass is 10.1. The van der Waals surface area contributed by atoms with Crippen LogP contribution in [0.2, 0.25) is 0 Å². The molecule has 0 radical (unpaired) electrons. The number of aromatic carboxylic acids is 1. The molecule has 0 aliphatic carbocycles. The number of amides is 1. The van der Waals surface area contributed by atoms with Gasteiger partial charge in [-0.2, -0.15) is 0 Å². The first-order valence-electron chi connectivity index (χ1n) is 6.27. The number of benzene rings is 1. The average Bonchev–Trinajstić information content (AvgIpc) is 2.42. The summed E-state index contributed by atoms with van der Waals surface area (Å²) in [5.41, 5.74) is 1.57. The van der Waals surface area contributed by atoms with Crippen molar-refractivity contribution in [2.75, 3.05) is 13.1 Å². The first-order chi connectivity index (χ1) is 9.49. The molecule has 108 valence electrons. The SMILES string of the molecule is O=C(O)c1cc(F)c(F)cc1C(=O)NN1CCCCC1. The van der Waals surface area contributed by atoms with Crippen molar-refractivity contribution in [2.24, 2.45) is 0 Å². The highest BCUT2D eigenvalue weighted by Crippen LogP contribution is 2.16. The van der Waals surface area contributed by atoms with Gasteiger partial charge in [0.2, 0.25) is 0 Å². The predicted octanol–water partition coefficient (Wildman–Crippen LogP) is 1.79. The van der Waals surface area contributed by atoms with Crippen LogP contribution in [0, 0.1) is 11.6 Å². The molecule has 0 bridgehead atoms. The minimum absolute atomic E-state index is 0.387. The van der Waals surface area contributed by atoms with E-state index in [-0.39, 0.29) is 5.56 Å². The molecule has 1 aromatic carbocycles. The van der Waals surface area contributed by atoms with Crippen LogP contribution in [-0.4, -0.2) is 35.1 Å². The highest BCUT2D eigenvalue weighted by atomic mass is 19.2. The van der Waals surface area contributed by atoms with Crippen LogP contribution in [-0.2, 0) is 0 Å². The lowest BCUT2D eigenvalue weighted by Crippen LogP contribution is -2.45. The Labute approximate surface area is 114 Å². The fraction of sp³-hybridized carbons (Fsp3) is 0.385. The van der Waals surface area contributed by atoms with Crippen LogP contribution in [0.5, 0.6) is 0 Å². The molecule has 5 nitrogen and oxygen atoms in total. The molecule has 0 atom stereocenters. The molecule has 2 rings (SSSR count). The van der Waals surface area contributed by atoms with Crippen LogP contribution >= 0.6 is 0 Å². The molecule has 1 aliphatic heterocycles. The minimum atomic E-state index is -1.48. The zero-order valence-electron chi connectivity index (χ0n) is 10.7. The van der Waals surface area contributed by atoms with Crippen molar-refractivity contribution in [3.63, 3.8) is 0 Å². The van der Waals surface area contributed by atoms with Gasteiger partial charge in [-0.3, -0.25) is 10.2 Å². The van der Waals surface area contributed by atoms with Gasteiger partial charge in [-0.1, -0.05) is 6.42 Å². The Morgan fingerprint density at radius 2 is 1.60 bits per heavy atom. The summed E-state index contributed by atoms with van der Waals surface area (Å²) in [7, 11) is 0. The second-order valence-corrected chi connectivity index (χ2v) is 4.61. The van der Waals surface area contributed by atoms with Crippen LogP contribution in [0.3, 0.4) is 0 Å². The molecular weight excluding hydrogens is 270 g/mol. The van der Waals surface area contributed by atoms with E-state index in [4.69, 9.17) is 5.11 Å². The van der Waals surface area contributed by atoms with Gasteiger partial charge in [-0.25, -0.2) is 18.6 Å². The molecule has 0 spiro atoms. The molecule has 7 heteroatoms. The Balaban J connectivity index is 2.23. The zero-order valence-corrected chi connectivity index (χ0v) is 10.7. The second kappa shape index (κ2) is 5.96. The van der Waals surface area contributed by atoms with E-state index in [0.29, 0.717) is 25.2 Å². The van der Waals surface area contributed by atoms with Gasteiger partial charge in [0.15, 0.2) is 11.6 Å². The molecule has 1 aliphatic rings. The lowest BCUT2D eigenvalue weighted by molar-refractivity contribution is 0.0674. The number of nitrogens with one attached hydrogen (secondary N) is 1. The average molecular weight is 284 g/mol. The van der Waals surface area contributed by atoms with Gasteiger partial charge < -0.3 is 5.11 Å². The monoisotopic (exact) mass is 284 g/mol. The first-order valence-corrected chi connectivity index (χ1v) is 6.27. The Morgan fingerprint density at radius 3 is 2.15 bits per heavy atom. The van der Waals surface area contributed by atoms with E-state index >= 15 is 0 Å². The van der Waals surface area contributed by atoms with Gasteiger partial charge >= 0.3 is 5.97 Å². The number of halogens is 2. The highest BCUT2D eigenvalue weighted by Gasteiger charge is 2.22. The number of hydrogen-bond donors (Lipinski definition) is 2. The third-order valence-electron chi connectivity index (χ3n) is 3.15. The third kappa shape index (κ3) is 3.11. The summed E-state index contributed by atoms with van der Waals surface area (Å²) < 4.78 is 26.3. The molecule has 1 fully saturated rings. The zero-order chi connectivity index (χ0) is 14.7. The molecule has 1 heterocycles. The van der Waals surface area contributed by atoms with Gasteiger partial charge in [-0.15, -0.1) is 0 Å². The smallest absolute Gasteiger partial charge is 0.336 e. The predicted molar refractivity (Wildman–Crippen MR) is 66.2 cm³/mol. The molecule has 2 N–H and O–H groups in total. The number of hydrogen-bond acceptors (Lipinski definition) is 3. The van der Waals surface area contributed by atoms with E-state index in [1.165, 1.54) is 0 Å². The van der Waals surface area contributed by atoms with Crippen molar-refractivity contribution in [1.29, 1.82) is 0 Å². The van der Waals surface area contributed by atoms with Gasteiger partial charge in [0, 0.05) is 13.1 Å². The maximum absolute atomic E-state index is 13.2. The summed E-state index contributed by atoms with van der Waals surface area (Å²) in [6, 6.07) is 1.13. The number of rotatable bonds is 3. The van der Waals surface area contributed by atoms with Crippen molar-refractivity contribution in [2.45, 2.75) is 19.3 Å². The number of hydrazine groups is 1. The molecular formula is C13H14F2N2O3. The van der Waals surface area contributed by atoms with Crippen molar-refractivity contribution in [3.05, 3.63) is 34.9 Å². The van der Waals surface area contributed by atoms with E-state index in [0.717, 1.165) is 19.3 Å². The molecule has 1 saturated heterocycles. The number of carbonyl (C=O) groups is 2. The summed E-state index contributed by atoms with van der Waals surface area (Å²) in [5.74, 6) is -4.77. The fourth-order valence-corrected chi connectivity index (χ4v) is 2.12. The van der Waals surface area contributed by atoms with Crippen LogP contribution in [0.4, 0.5) is 8.78 Å². The number of carboxylic acids is 1. The molecule has 0 unspecified atom stereocenters. The maximum Gasteiger partial charge on any atom is 0.336 e. The van der Waals surface area contributed by atoms with Crippen LogP contribution in [0.1, 0.15) is 40.0 Å². The number of nitrogens with zero attached hydrogens (tertiary/aromatic N) is 1. The van der Waals surface area contributed by atoms with Gasteiger partial charge in [0.1, 0.15) is 0 Å². The quantitative estimate of drug-likeness (QED) is 0.888. The summed E-state index contributed by atoms with van der Waals surface area (Å²) in [6.45, 7) is 1.30. The number of piperidine rings is 1. The standard InChI is InChI=1S/C13H14F2N2O3/c14-10-6-8(9(13(19)20)7-11(10)15)12(18)16-17-4-2-1-3-5-17/h6-7H,1-5H2,(H,16,18)(H,19,20). The first kappa shape index (κ1) is 14.4. The Kier molecular flexibility index (Phi) is 4.29. The van der Waals surface area contributed by atoms with E-state index in [1.54, 1.807) is 5.01 Å². The van der Waals surface area contributed by atoms with Gasteiger partial charge in [0.05, 0.1) is 11.1 Å². The minimum Gasteiger partial charge on any atom is -0.478 e. The molecule has 1 aromatic rings. The Hall–Kier alpha value is -2.02. The van der Waals surface area contributed by atoms with Crippen LogP contribution < -0.4 is 5.43 Å². The molecule has 0 saturated carbocycles. The van der Waals surface area contributed by atoms with E-state index in [1.807, 2.05) is 0 Å². The van der Waals surface area contributed by atoms with E-state index in [2.05, 4.69) is 5.43 Å². The van der Waals surface area contributed by atoms with Crippen molar-refractivity contribution < 1.29 is 23.5 Å². The summed E-state index contributed by atoms with van der Waals surface area (Å²) in [5, 5.41) is 10.6. The number of carboxylic acid groups (broad SMARTS) is 1. The fourth-order valence-electron chi connectivity index (χ4n) is 2.12. The largest absolute Gasteiger partial charge is 0.478 e. The summed E-state index contributed by atoms with van der Waals surface area (Å²) in [6.07, 6.45) is 2.91.